The lowest BCUT2D eigenvalue weighted by molar-refractivity contribution is -0.129. The molecule has 1 fully saturated rings. The molecule has 12 heteroatoms. The molecule has 0 radical (unpaired) electrons. The van der Waals surface area contributed by atoms with E-state index in [1.165, 1.54) is 18.3 Å². The monoisotopic (exact) mass is 541 g/mol. The first-order chi connectivity index (χ1) is 18.1. The molecule has 0 saturated carbocycles. The Morgan fingerprint density at radius 3 is 2.58 bits per heavy atom. The van der Waals surface area contributed by atoms with Crippen molar-refractivity contribution in [2.24, 2.45) is 5.92 Å². The van der Waals surface area contributed by atoms with Gasteiger partial charge in [0.2, 0.25) is 5.91 Å². The van der Waals surface area contributed by atoms with Gasteiger partial charge in [-0.25, -0.2) is 13.4 Å². The molecule has 0 aliphatic carbocycles. The molecular formula is C26H31N5O6S. The third-order valence-electron chi connectivity index (χ3n) is 6.43. The minimum atomic E-state index is -3.99. The van der Waals surface area contributed by atoms with Gasteiger partial charge in [0, 0.05) is 24.5 Å². The Balaban J connectivity index is 1.47. The number of furan rings is 1. The summed E-state index contributed by atoms with van der Waals surface area (Å²) in [5, 5.41) is 5.32. The van der Waals surface area contributed by atoms with Crippen LogP contribution in [0.5, 0.6) is 0 Å². The fourth-order valence-corrected chi connectivity index (χ4v) is 5.97. The molecule has 0 spiro atoms. The van der Waals surface area contributed by atoms with Crippen LogP contribution in [-0.4, -0.2) is 65.0 Å². The number of nitrogens with zero attached hydrogens (tertiary/aromatic N) is 3. The first-order valence-electron chi connectivity index (χ1n) is 12.5. The molecule has 2 amide bonds. The Morgan fingerprint density at radius 2 is 1.89 bits per heavy atom. The number of carbonyl (C=O) groups excluding carboxylic acids is 3. The Kier molecular flexibility index (Phi) is 8.22. The lowest BCUT2D eigenvalue weighted by Gasteiger charge is -2.25. The van der Waals surface area contributed by atoms with Gasteiger partial charge < -0.3 is 15.1 Å². The van der Waals surface area contributed by atoms with Crippen LogP contribution in [-0.2, 0) is 19.6 Å². The fourth-order valence-electron chi connectivity index (χ4n) is 4.41. The second kappa shape index (κ2) is 11.4. The molecule has 1 aliphatic rings. The van der Waals surface area contributed by atoms with E-state index >= 15 is 0 Å². The van der Waals surface area contributed by atoms with Crippen molar-refractivity contribution in [3.8, 4) is 0 Å². The second-order valence-corrected chi connectivity index (χ2v) is 11.7. The standard InChI is InChI=1S/C26H31N5O6S/c1-16(2)13-20(30-26(34)23-14-19-22(37-23)7-6-12-27-19)25(33)29-18-10-9-17(3)31(15-21(18)32)38(35,36)24-8-4-5-11-28-24/h4-8,11-12,14,16-18,20H,9-10,13,15H2,1-3H3,(H,29,33)(H,30,34)/t17-,18+,20+/m1/s1. The molecule has 202 valence electrons. The average Bonchev–Trinajstić information content (AvgIpc) is 3.27. The predicted octanol–water partition coefficient (Wildman–Crippen LogP) is 2.29. The molecule has 0 bridgehead atoms. The fraction of sp³-hybridized carbons (Fsp3) is 0.423. The van der Waals surface area contributed by atoms with E-state index in [2.05, 4.69) is 20.6 Å². The summed E-state index contributed by atoms with van der Waals surface area (Å²) >= 11 is 0. The molecule has 1 aliphatic heterocycles. The lowest BCUT2D eigenvalue weighted by Crippen LogP contribution is -2.52. The van der Waals surface area contributed by atoms with Crippen LogP contribution >= 0.6 is 0 Å². The number of Topliss-reactive ketones (excluding diaryl/α,β-unsaturated/α-hetero) is 1. The summed E-state index contributed by atoms with van der Waals surface area (Å²) < 4.78 is 33.0. The van der Waals surface area contributed by atoms with Gasteiger partial charge in [0.25, 0.3) is 15.9 Å². The number of fused-ring (bicyclic) bond motifs is 1. The van der Waals surface area contributed by atoms with Gasteiger partial charge in [-0.05, 0) is 56.4 Å². The average molecular weight is 542 g/mol. The van der Waals surface area contributed by atoms with Crippen LogP contribution in [0.1, 0.15) is 50.6 Å². The molecule has 0 unspecified atom stereocenters. The van der Waals surface area contributed by atoms with Crippen molar-refractivity contribution in [2.45, 2.75) is 63.2 Å². The number of carbonyl (C=O) groups is 3. The van der Waals surface area contributed by atoms with E-state index in [9.17, 15) is 22.8 Å². The Hall–Kier alpha value is -3.64. The van der Waals surface area contributed by atoms with E-state index in [0.717, 1.165) is 4.31 Å². The number of aromatic nitrogens is 2. The molecule has 3 aromatic rings. The molecule has 11 nitrogen and oxygen atoms in total. The van der Waals surface area contributed by atoms with Gasteiger partial charge in [-0.2, -0.15) is 4.31 Å². The van der Waals surface area contributed by atoms with Crippen LogP contribution < -0.4 is 10.6 Å². The highest BCUT2D eigenvalue weighted by molar-refractivity contribution is 7.89. The van der Waals surface area contributed by atoms with Crippen molar-refractivity contribution in [1.82, 2.24) is 24.9 Å². The second-order valence-electron chi connectivity index (χ2n) is 9.83. The van der Waals surface area contributed by atoms with Crippen LogP contribution in [0.4, 0.5) is 0 Å². The SMILES string of the molecule is CC(C)C[C@H](NC(=O)c1cc2ncccc2o1)C(=O)N[C@H]1CC[C@@H](C)N(S(=O)(=O)c2ccccn2)CC1=O. The summed E-state index contributed by atoms with van der Waals surface area (Å²) in [5.74, 6) is -1.44. The van der Waals surface area contributed by atoms with E-state index in [0.29, 0.717) is 23.9 Å². The van der Waals surface area contributed by atoms with Gasteiger partial charge in [-0.1, -0.05) is 19.9 Å². The molecule has 0 aromatic carbocycles. The van der Waals surface area contributed by atoms with Crippen molar-refractivity contribution in [2.75, 3.05) is 6.54 Å². The smallest absolute Gasteiger partial charge is 0.287 e. The summed E-state index contributed by atoms with van der Waals surface area (Å²) in [6, 6.07) is 7.15. The molecule has 38 heavy (non-hydrogen) atoms. The number of hydrogen-bond donors (Lipinski definition) is 2. The van der Waals surface area contributed by atoms with Crippen LogP contribution in [0.25, 0.3) is 11.1 Å². The molecule has 3 atom stereocenters. The van der Waals surface area contributed by atoms with Crippen LogP contribution in [0.3, 0.4) is 0 Å². The van der Waals surface area contributed by atoms with Gasteiger partial charge in [0.05, 0.1) is 12.6 Å². The third kappa shape index (κ3) is 6.08. The van der Waals surface area contributed by atoms with E-state index in [4.69, 9.17) is 4.42 Å². The van der Waals surface area contributed by atoms with Gasteiger partial charge in [-0.3, -0.25) is 19.4 Å². The molecule has 4 heterocycles. The van der Waals surface area contributed by atoms with Gasteiger partial charge in [0.1, 0.15) is 11.6 Å². The van der Waals surface area contributed by atoms with Crippen molar-refractivity contribution in [3.63, 3.8) is 0 Å². The van der Waals surface area contributed by atoms with Crippen molar-refractivity contribution >= 4 is 38.7 Å². The molecule has 3 aromatic heterocycles. The number of hydrogen-bond acceptors (Lipinski definition) is 8. The predicted molar refractivity (Wildman–Crippen MR) is 138 cm³/mol. The van der Waals surface area contributed by atoms with Crippen molar-refractivity contribution in [1.29, 1.82) is 0 Å². The minimum Gasteiger partial charge on any atom is -0.449 e. The lowest BCUT2D eigenvalue weighted by atomic mass is 10.0. The summed E-state index contributed by atoms with van der Waals surface area (Å²) in [7, 11) is -3.99. The van der Waals surface area contributed by atoms with Crippen molar-refractivity contribution < 1.29 is 27.2 Å². The largest absolute Gasteiger partial charge is 0.449 e. The Bertz CT molecular complexity index is 1390. The maximum atomic E-state index is 13.3. The molecule has 4 rings (SSSR count). The number of pyridine rings is 2. The van der Waals surface area contributed by atoms with Gasteiger partial charge in [0.15, 0.2) is 22.2 Å². The van der Waals surface area contributed by atoms with Crippen LogP contribution in [0.15, 0.2) is 58.2 Å². The maximum absolute atomic E-state index is 13.3. The minimum absolute atomic E-state index is 0.0231. The topological polar surface area (TPSA) is 152 Å². The molecule has 2 N–H and O–H groups in total. The Morgan fingerprint density at radius 1 is 1.13 bits per heavy atom. The highest BCUT2D eigenvalue weighted by atomic mass is 32.2. The van der Waals surface area contributed by atoms with Gasteiger partial charge in [-0.15, -0.1) is 0 Å². The summed E-state index contributed by atoms with van der Waals surface area (Å²) in [5.41, 5.74) is 0.969. The van der Waals surface area contributed by atoms with E-state index in [-0.39, 0.29) is 23.1 Å². The first kappa shape index (κ1) is 27.4. The number of rotatable bonds is 8. The summed E-state index contributed by atoms with van der Waals surface area (Å²) in [4.78, 5) is 47.4. The van der Waals surface area contributed by atoms with Gasteiger partial charge >= 0.3 is 0 Å². The van der Waals surface area contributed by atoms with E-state index < -0.39 is 52.3 Å². The van der Waals surface area contributed by atoms with Crippen molar-refractivity contribution in [3.05, 3.63) is 54.6 Å². The maximum Gasteiger partial charge on any atom is 0.287 e. The summed E-state index contributed by atoms with van der Waals surface area (Å²) in [6.07, 6.45) is 3.91. The number of amides is 2. The zero-order valence-corrected chi connectivity index (χ0v) is 22.3. The van der Waals surface area contributed by atoms with Crippen LogP contribution in [0, 0.1) is 5.92 Å². The summed E-state index contributed by atoms with van der Waals surface area (Å²) in [6.45, 7) is 5.16. The normalized spacial score (nSPS) is 19.7. The zero-order chi connectivity index (χ0) is 27.4. The molecule has 1 saturated heterocycles. The third-order valence-corrected chi connectivity index (χ3v) is 8.31. The Labute approximate surface area is 221 Å². The van der Waals surface area contributed by atoms with E-state index in [1.807, 2.05) is 13.8 Å². The first-order valence-corrected chi connectivity index (χ1v) is 13.9. The highest BCUT2D eigenvalue weighted by Gasteiger charge is 2.38. The van der Waals surface area contributed by atoms with E-state index in [1.54, 1.807) is 37.4 Å². The van der Waals surface area contributed by atoms with Crippen LogP contribution in [0.2, 0.25) is 0 Å². The number of ketones is 1. The highest BCUT2D eigenvalue weighted by Crippen LogP contribution is 2.23. The number of nitrogens with one attached hydrogen (secondary N) is 2. The molecular weight excluding hydrogens is 510 g/mol. The zero-order valence-electron chi connectivity index (χ0n) is 21.5. The quantitative estimate of drug-likeness (QED) is 0.441. The number of sulfonamides is 1.